The SMILES string of the molecule is CNC(CC1CCC(F)(F)C1)C1CCOCC1. The average Bonchev–Trinajstić information content (AvgIpc) is 2.67. The molecule has 1 heterocycles. The molecule has 2 rings (SSSR count). The number of alkyl halides is 2. The Morgan fingerprint density at radius 1 is 1.29 bits per heavy atom. The summed E-state index contributed by atoms with van der Waals surface area (Å²) in [4.78, 5) is 0. The first-order valence-electron chi connectivity index (χ1n) is 6.73. The smallest absolute Gasteiger partial charge is 0.248 e. The van der Waals surface area contributed by atoms with Crippen LogP contribution in [0.2, 0.25) is 0 Å². The number of rotatable bonds is 4. The van der Waals surface area contributed by atoms with E-state index < -0.39 is 5.92 Å². The van der Waals surface area contributed by atoms with Crippen LogP contribution in [0.25, 0.3) is 0 Å². The molecule has 1 N–H and O–H groups in total. The standard InChI is InChI=1S/C13H23F2NO/c1-16-12(11-3-6-17-7-4-11)8-10-2-5-13(14,15)9-10/h10-12,16H,2-9H2,1H3. The fourth-order valence-electron chi connectivity index (χ4n) is 3.27. The van der Waals surface area contributed by atoms with E-state index in [1.165, 1.54) is 0 Å². The maximum absolute atomic E-state index is 13.2. The molecule has 0 aromatic carbocycles. The van der Waals surface area contributed by atoms with Gasteiger partial charge in [0.25, 0.3) is 0 Å². The molecule has 1 saturated heterocycles. The Labute approximate surface area is 102 Å². The van der Waals surface area contributed by atoms with Crippen LogP contribution in [0.15, 0.2) is 0 Å². The molecule has 0 amide bonds. The highest BCUT2D eigenvalue weighted by Gasteiger charge is 2.40. The third-order valence-corrected chi connectivity index (χ3v) is 4.30. The molecular weight excluding hydrogens is 224 g/mol. The lowest BCUT2D eigenvalue weighted by molar-refractivity contribution is 0.00307. The van der Waals surface area contributed by atoms with Crippen LogP contribution in [0.3, 0.4) is 0 Å². The molecule has 0 radical (unpaired) electrons. The quantitative estimate of drug-likeness (QED) is 0.825. The van der Waals surface area contributed by atoms with E-state index in [-0.39, 0.29) is 18.8 Å². The highest BCUT2D eigenvalue weighted by molar-refractivity contribution is 4.86. The van der Waals surface area contributed by atoms with E-state index >= 15 is 0 Å². The summed E-state index contributed by atoms with van der Waals surface area (Å²) >= 11 is 0. The summed E-state index contributed by atoms with van der Waals surface area (Å²) in [6.07, 6.45) is 3.89. The van der Waals surface area contributed by atoms with Crippen LogP contribution in [0.5, 0.6) is 0 Å². The normalized spacial score (nSPS) is 31.6. The zero-order valence-corrected chi connectivity index (χ0v) is 10.6. The molecule has 1 aliphatic heterocycles. The molecule has 100 valence electrons. The van der Waals surface area contributed by atoms with E-state index in [9.17, 15) is 8.78 Å². The van der Waals surface area contributed by atoms with Crippen LogP contribution in [-0.4, -0.2) is 32.2 Å². The Hall–Kier alpha value is -0.220. The summed E-state index contributed by atoms with van der Waals surface area (Å²) in [6, 6.07) is 0.387. The second kappa shape index (κ2) is 5.61. The van der Waals surface area contributed by atoms with Crippen molar-refractivity contribution >= 4 is 0 Å². The zero-order chi connectivity index (χ0) is 12.3. The highest BCUT2D eigenvalue weighted by Crippen LogP contribution is 2.41. The van der Waals surface area contributed by atoms with Gasteiger partial charge in [0.1, 0.15) is 0 Å². The van der Waals surface area contributed by atoms with Crippen molar-refractivity contribution in [3.05, 3.63) is 0 Å². The Kier molecular flexibility index (Phi) is 4.36. The molecule has 2 nitrogen and oxygen atoms in total. The molecule has 2 unspecified atom stereocenters. The number of nitrogens with one attached hydrogen (secondary N) is 1. The van der Waals surface area contributed by atoms with Crippen molar-refractivity contribution < 1.29 is 13.5 Å². The van der Waals surface area contributed by atoms with E-state index in [1.54, 1.807) is 0 Å². The summed E-state index contributed by atoms with van der Waals surface area (Å²) in [5.41, 5.74) is 0. The summed E-state index contributed by atoms with van der Waals surface area (Å²) in [7, 11) is 1.95. The zero-order valence-electron chi connectivity index (χ0n) is 10.6. The van der Waals surface area contributed by atoms with Gasteiger partial charge in [0.2, 0.25) is 5.92 Å². The fourth-order valence-corrected chi connectivity index (χ4v) is 3.27. The minimum Gasteiger partial charge on any atom is -0.381 e. The van der Waals surface area contributed by atoms with Gasteiger partial charge in [0, 0.05) is 32.1 Å². The van der Waals surface area contributed by atoms with Crippen LogP contribution >= 0.6 is 0 Å². The molecule has 2 aliphatic rings. The Bertz CT molecular complexity index is 242. The van der Waals surface area contributed by atoms with Crippen molar-refractivity contribution in [2.75, 3.05) is 20.3 Å². The monoisotopic (exact) mass is 247 g/mol. The van der Waals surface area contributed by atoms with Gasteiger partial charge in [-0.2, -0.15) is 0 Å². The molecule has 2 atom stereocenters. The summed E-state index contributed by atoms with van der Waals surface area (Å²) in [6.45, 7) is 1.65. The molecule has 1 aliphatic carbocycles. The van der Waals surface area contributed by atoms with Gasteiger partial charge in [0.05, 0.1) is 0 Å². The molecule has 2 fully saturated rings. The maximum Gasteiger partial charge on any atom is 0.248 e. The van der Waals surface area contributed by atoms with Crippen molar-refractivity contribution in [2.45, 2.75) is 50.5 Å². The minimum atomic E-state index is -2.40. The summed E-state index contributed by atoms with van der Waals surface area (Å²) in [5, 5.41) is 3.33. The van der Waals surface area contributed by atoms with Gasteiger partial charge in [-0.3, -0.25) is 0 Å². The third-order valence-electron chi connectivity index (χ3n) is 4.30. The first-order chi connectivity index (χ1) is 8.11. The van der Waals surface area contributed by atoms with Crippen molar-refractivity contribution in [2.24, 2.45) is 11.8 Å². The lowest BCUT2D eigenvalue weighted by Gasteiger charge is -2.31. The molecule has 0 aromatic heterocycles. The Balaban J connectivity index is 1.82. The predicted octanol–water partition coefficient (Wildman–Crippen LogP) is 2.83. The van der Waals surface area contributed by atoms with Crippen LogP contribution < -0.4 is 5.32 Å². The van der Waals surface area contributed by atoms with E-state index in [4.69, 9.17) is 4.74 Å². The summed E-state index contributed by atoms with van der Waals surface area (Å²) < 4.78 is 31.7. The highest BCUT2D eigenvalue weighted by atomic mass is 19.3. The lowest BCUT2D eigenvalue weighted by atomic mass is 9.85. The van der Waals surface area contributed by atoms with Crippen LogP contribution in [0.1, 0.15) is 38.5 Å². The topological polar surface area (TPSA) is 21.3 Å². The first kappa shape index (κ1) is 13.2. The van der Waals surface area contributed by atoms with Crippen molar-refractivity contribution in [3.8, 4) is 0 Å². The largest absolute Gasteiger partial charge is 0.381 e. The number of hydrogen-bond donors (Lipinski definition) is 1. The number of hydrogen-bond acceptors (Lipinski definition) is 2. The fraction of sp³-hybridized carbons (Fsp3) is 1.00. The van der Waals surface area contributed by atoms with Gasteiger partial charge in [-0.1, -0.05) is 0 Å². The van der Waals surface area contributed by atoms with E-state index in [0.717, 1.165) is 32.5 Å². The maximum atomic E-state index is 13.2. The molecule has 0 aromatic rings. The lowest BCUT2D eigenvalue weighted by Crippen LogP contribution is -2.38. The summed E-state index contributed by atoms with van der Waals surface area (Å²) in [5.74, 6) is -1.60. The molecule has 17 heavy (non-hydrogen) atoms. The van der Waals surface area contributed by atoms with Gasteiger partial charge < -0.3 is 10.1 Å². The third kappa shape index (κ3) is 3.62. The van der Waals surface area contributed by atoms with Gasteiger partial charge >= 0.3 is 0 Å². The molecule has 4 heteroatoms. The Morgan fingerprint density at radius 2 is 2.00 bits per heavy atom. The van der Waals surface area contributed by atoms with Gasteiger partial charge in [0.15, 0.2) is 0 Å². The Morgan fingerprint density at radius 3 is 2.53 bits per heavy atom. The minimum absolute atomic E-state index is 0.0852. The second-order valence-corrected chi connectivity index (χ2v) is 5.55. The second-order valence-electron chi connectivity index (χ2n) is 5.55. The molecule has 0 spiro atoms. The first-order valence-corrected chi connectivity index (χ1v) is 6.73. The predicted molar refractivity (Wildman–Crippen MR) is 63.3 cm³/mol. The van der Waals surface area contributed by atoms with Crippen molar-refractivity contribution in [1.82, 2.24) is 5.32 Å². The van der Waals surface area contributed by atoms with E-state index in [0.29, 0.717) is 18.4 Å². The van der Waals surface area contributed by atoms with Crippen molar-refractivity contribution in [3.63, 3.8) is 0 Å². The van der Waals surface area contributed by atoms with Gasteiger partial charge in [-0.25, -0.2) is 8.78 Å². The number of halogens is 2. The van der Waals surface area contributed by atoms with Crippen LogP contribution in [0, 0.1) is 11.8 Å². The van der Waals surface area contributed by atoms with Crippen LogP contribution in [-0.2, 0) is 4.74 Å². The van der Waals surface area contributed by atoms with E-state index in [1.807, 2.05) is 7.05 Å². The molecular formula is C13H23F2NO. The molecule has 0 bridgehead atoms. The average molecular weight is 247 g/mol. The van der Waals surface area contributed by atoms with Gasteiger partial charge in [-0.05, 0) is 44.6 Å². The van der Waals surface area contributed by atoms with Crippen LogP contribution in [0.4, 0.5) is 8.78 Å². The molecule has 1 saturated carbocycles. The van der Waals surface area contributed by atoms with Gasteiger partial charge in [-0.15, -0.1) is 0 Å². The number of ether oxygens (including phenoxy) is 1. The van der Waals surface area contributed by atoms with E-state index in [2.05, 4.69) is 5.32 Å². The van der Waals surface area contributed by atoms with Crippen molar-refractivity contribution in [1.29, 1.82) is 0 Å².